The lowest BCUT2D eigenvalue weighted by molar-refractivity contribution is -0.205. The van der Waals surface area contributed by atoms with Crippen molar-refractivity contribution in [3.63, 3.8) is 0 Å². The molecule has 0 aliphatic carbocycles. The zero-order valence-electron chi connectivity index (χ0n) is 9.79. The number of aryl methyl sites for hydroxylation is 1. The van der Waals surface area contributed by atoms with Crippen molar-refractivity contribution < 1.29 is 23.1 Å². The van der Waals surface area contributed by atoms with Gasteiger partial charge in [0.1, 0.15) is 6.10 Å². The third-order valence-corrected chi connectivity index (χ3v) is 2.32. The Balaban J connectivity index is 2.43. The molecule has 1 atom stereocenters. The number of halogens is 3. The molecule has 1 unspecified atom stereocenters. The van der Waals surface area contributed by atoms with Gasteiger partial charge in [0, 0.05) is 12.1 Å². The van der Waals surface area contributed by atoms with Crippen LogP contribution < -0.4 is 5.32 Å². The van der Waals surface area contributed by atoms with Gasteiger partial charge in [-0.1, -0.05) is 12.1 Å². The molecule has 1 aromatic rings. The van der Waals surface area contributed by atoms with Crippen molar-refractivity contribution in [2.75, 3.05) is 5.32 Å². The van der Waals surface area contributed by atoms with Gasteiger partial charge < -0.3 is 10.4 Å². The van der Waals surface area contributed by atoms with Gasteiger partial charge in [-0.3, -0.25) is 4.79 Å². The highest BCUT2D eigenvalue weighted by molar-refractivity contribution is 5.90. The van der Waals surface area contributed by atoms with E-state index in [4.69, 9.17) is 5.11 Å². The van der Waals surface area contributed by atoms with Crippen molar-refractivity contribution in [3.8, 4) is 0 Å². The maximum absolute atomic E-state index is 12.0. The van der Waals surface area contributed by atoms with E-state index in [0.29, 0.717) is 5.69 Å². The van der Waals surface area contributed by atoms with Gasteiger partial charge in [-0.2, -0.15) is 13.2 Å². The fourth-order valence-electron chi connectivity index (χ4n) is 1.38. The Morgan fingerprint density at radius 3 is 2.67 bits per heavy atom. The number of benzene rings is 1. The van der Waals surface area contributed by atoms with Gasteiger partial charge in [-0.15, -0.1) is 0 Å². The molecule has 0 radical (unpaired) electrons. The summed E-state index contributed by atoms with van der Waals surface area (Å²) in [4.78, 5) is 11.4. The summed E-state index contributed by atoms with van der Waals surface area (Å²) in [6.45, 7) is 1.84. The van der Waals surface area contributed by atoms with E-state index in [1.165, 1.54) is 0 Å². The van der Waals surface area contributed by atoms with E-state index in [1.807, 2.05) is 13.0 Å². The van der Waals surface area contributed by atoms with Crippen molar-refractivity contribution in [1.82, 2.24) is 0 Å². The Morgan fingerprint density at radius 1 is 1.44 bits per heavy atom. The van der Waals surface area contributed by atoms with Crippen LogP contribution in [0.1, 0.15) is 18.4 Å². The maximum atomic E-state index is 12.0. The molecule has 2 N–H and O–H groups in total. The SMILES string of the molecule is Cc1cccc(NC(=O)CCC(O)C(F)(F)F)c1. The predicted molar refractivity (Wildman–Crippen MR) is 61.1 cm³/mol. The van der Waals surface area contributed by atoms with Crippen LogP contribution in [0.3, 0.4) is 0 Å². The number of carbonyl (C=O) groups is 1. The van der Waals surface area contributed by atoms with Crippen molar-refractivity contribution in [1.29, 1.82) is 0 Å². The fraction of sp³-hybridized carbons (Fsp3) is 0.417. The van der Waals surface area contributed by atoms with Crippen LogP contribution in [0.15, 0.2) is 24.3 Å². The Labute approximate surface area is 103 Å². The molecule has 18 heavy (non-hydrogen) atoms. The molecule has 0 aromatic heterocycles. The number of rotatable bonds is 4. The fourth-order valence-corrected chi connectivity index (χ4v) is 1.38. The second-order valence-electron chi connectivity index (χ2n) is 4.01. The van der Waals surface area contributed by atoms with E-state index in [1.54, 1.807) is 18.2 Å². The number of aliphatic hydroxyl groups is 1. The number of anilines is 1. The summed E-state index contributed by atoms with van der Waals surface area (Å²) < 4.78 is 36.0. The molecule has 0 fully saturated rings. The molecule has 0 aliphatic heterocycles. The second-order valence-corrected chi connectivity index (χ2v) is 4.01. The molecule has 1 amide bonds. The summed E-state index contributed by atoms with van der Waals surface area (Å²) in [6, 6.07) is 6.92. The Kier molecular flexibility index (Phi) is 4.72. The number of hydrogen-bond donors (Lipinski definition) is 2. The molecule has 100 valence electrons. The number of nitrogens with one attached hydrogen (secondary N) is 1. The van der Waals surface area contributed by atoms with Crippen LogP contribution in [0.25, 0.3) is 0 Å². The lowest BCUT2D eigenvalue weighted by Gasteiger charge is -2.14. The van der Waals surface area contributed by atoms with Crippen molar-refractivity contribution >= 4 is 11.6 Å². The highest BCUT2D eigenvalue weighted by Gasteiger charge is 2.37. The van der Waals surface area contributed by atoms with Gasteiger partial charge in [0.15, 0.2) is 0 Å². The van der Waals surface area contributed by atoms with Crippen LogP contribution in [-0.2, 0) is 4.79 Å². The normalized spacial score (nSPS) is 13.2. The number of alkyl halides is 3. The summed E-state index contributed by atoms with van der Waals surface area (Å²) in [5.74, 6) is -0.552. The zero-order chi connectivity index (χ0) is 13.8. The topological polar surface area (TPSA) is 49.3 Å². The first kappa shape index (κ1) is 14.5. The lowest BCUT2D eigenvalue weighted by atomic mass is 10.1. The maximum Gasteiger partial charge on any atom is 0.414 e. The predicted octanol–water partition coefficient (Wildman–Crippen LogP) is 2.64. The Bertz CT molecular complexity index is 418. The average Bonchev–Trinajstić information content (AvgIpc) is 2.24. The van der Waals surface area contributed by atoms with Crippen molar-refractivity contribution in [2.24, 2.45) is 0 Å². The van der Waals surface area contributed by atoms with E-state index in [2.05, 4.69) is 5.32 Å². The smallest absolute Gasteiger partial charge is 0.384 e. The summed E-state index contributed by atoms with van der Waals surface area (Å²) in [5, 5.41) is 11.2. The zero-order valence-corrected chi connectivity index (χ0v) is 9.79. The molecule has 0 bridgehead atoms. The highest BCUT2D eigenvalue weighted by Crippen LogP contribution is 2.23. The molecule has 0 saturated carbocycles. The van der Waals surface area contributed by atoms with Crippen LogP contribution in [0.4, 0.5) is 18.9 Å². The minimum atomic E-state index is -4.68. The van der Waals surface area contributed by atoms with Crippen LogP contribution in [0.2, 0.25) is 0 Å². The van der Waals surface area contributed by atoms with E-state index in [9.17, 15) is 18.0 Å². The molecule has 0 spiro atoms. The monoisotopic (exact) mass is 261 g/mol. The Morgan fingerprint density at radius 2 is 2.11 bits per heavy atom. The molecular formula is C12H14F3NO2. The third kappa shape index (κ3) is 4.75. The number of amides is 1. The van der Waals surface area contributed by atoms with E-state index in [-0.39, 0.29) is 6.42 Å². The summed E-state index contributed by atoms with van der Waals surface area (Å²) in [6.07, 6.45) is -8.15. The van der Waals surface area contributed by atoms with Crippen LogP contribution >= 0.6 is 0 Å². The quantitative estimate of drug-likeness (QED) is 0.875. The van der Waals surface area contributed by atoms with E-state index in [0.717, 1.165) is 5.56 Å². The van der Waals surface area contributed by atoms with Gasteiger partial charge in [0.05, 0.1) is 0 Å². The average molecular weight is 261 g/mol. The van der Waals surface area contributed by atoms with Gasteiger partial charge >= 0.3 is 6.18 Å². The second kappa shape index (κ2) is 5.86. The van der Waals surface area contributed by atoms with Gasteiger partial charge in [-0.25, -0.2) is 0 Å². The van der Waals surface area contributed by atoms with Crippen LogP contribution in [-0.4, -0.2) is 23.3 Å². The van der Waals surface area contributed by atoms with E-state index < -0.39 is 24.6 Å². The van der Waals surface area contributed by atoms with Gasteiger partial charge in [0.25, 0.3) is 0 Å². The highest BCUT2D eigenvalue weighted by atomic mass is 19.4. The molecule has 1 rings (SSSR count). The standard InChI is InChI=1S/C12H14F3NO2/c1-8-3-2-4-9(7-8)16-11(18)6-5-10(17)12(13,14)15/h2-4,7,10,17H,5-6H2,1H3,(H,16,18). The first-order valence-corrected chi connectivity index (χ1v) is 5.40. The lowest BCUT2D eigenvalue weighted by Crippen LogP contribution is -2.29. The van der Waals surface area contributed by atoms with Crippen LogP contribution in [0, 0.1) is 6.92 Å². The molecule has 0 heterocycles. The largest absolute Gasteiger partial charge is 0.414 e. The third-order valence-electron chi connectivity index (χ3n) is 2.32. The number of hydrogen-bond acceptors (Lipinski definition) is 2. The first-order valence-electron chi connectivity index (χ1n) is 5.40. The van der Waals surface area contributed by atoms with Gasteiger partial charge in [0.2, 0.25) is 5.91 Å². The first-order chi connectivity index (χ1) is 8.29. The molecular weight excluding hydrogens is 247 g/mol. The summed E-state index contributed by atoms with van der Waals surface area (Å²) in [5.41, 5.74) is 1.46. The van der Waals surface area contributed by atoms with Crippen molar-refractivity contribution in [3.05, 3.63) is 29.8 Å². The minimum absolute atomic E-state index is 0.380. The summed E-state index contributed by atoms with van der Waals surface area (Å²) >= 11 is 0. The summed E-state index contributed by atoms with van der Waals surface area (Å²) in [7, 11) is 0. The molecule has 0 aliphatic rings. The van der Waals surface area contributed by atoms with E-state index >= 15 is 0 Å². The van der Waals surface area contributed by atoms with Crippen LogP contribution in [0.5, 0.6) is 0 Å². The number of carbonyl (C=O) groups excluding carboxylic acids is 1. The molecule has 0 saturated heterocycles. The Hall–Kier alpha value is -1.56. The van der Waals surface area contributed by atoms with Crippen molar-refractivity contribution in [2.45, 2.75) is 32.0 Å². The minimum Gasteiger partial charge on any atom is -0.384 e. The number of aliphatic hydroxyl groups excluding tert-OH is 1. The molecule has 3 nitrogen and oxygen atoms in total. The van der Waals surface area contributed by atoms with Gasteiger partial charge in [-0.05, 0) is 31.0 Å². The molecule has 1 aromatic carbocycles. The molecule has 6 heteroatoms.